The Morgan fingerprint density at radius 3 is 2.43 bits per heavy atom. The summed E-state index contributed by atoms with van der Waals surface area (Å²) in [5, 5.41) is 3.38. The molecule has 1 unspecified atom stereocenters. The Bertz CT molecular complexity index is 444. The monoisotopic (exact) mass is 317 g/mol. The molecule has 124 valence electrons. The van der Waals surface area contributed by atoms with Gasteiger partial charge in [0.25, 0.3) is 10.2 Å². The lowest BCUT2D eigenvalue weighted by molar-refractivity contribution is 0.233. The third-order valence-electron chi connectivity index (χ3n) is 4.63. The number of hydrogen-bond donors (Lipinski definition) is 2. The maximum absolute atomic E-state index is 12.8. The molecule has 2 N–H and O–H groups in total. The molecule has 1 atom stereocenters. The Morgan fingerprint density at radius 1 is 1.19 bits per heavy atom. The van der Waals surface area contributed by atoms with Crippen LogP contribution in [-0.4, -0.2) is 43.4 Å². The molecule has 0 radical (unpaired) electrons. The van der Waals surface area contributed by atoms with Gasteiger partial charge in [0.2, 0.25) is 0 Å². The topological polar surface area (TPSA) is 61.4 Å². The highest BCUT2D eigenvalue weighted by atomic mass is 32.2. The minimum absolute atomic E-state index is 0.0775. The van der Waals surface area contributed by atoms with Gasteiger partial charge >= 0.3 is 0 Å². The molecule has 1 aliphatic heterocycles. The molecule has 2 fully saturated rings. The van der Waals surface area contributed by atoms with E-state index in [0.717, 1.165) is 38.6 Å². The van der Waals surface area contributed by atoms with Gasteiger partial charge < -0.3 is 5.32 Å². The third-order valence-corrected chi connectivity index (χ3v) is 6.52. The predicted octanol–water partition coefficient (Wildman–Crippen LogP) is 1.86. The van der Waals surface area contributed by atoms with Crippen molar-refractivity contribution in [2.24, 2.45) is 5.92 Å². The second-order valence-electron chi connectivity index (χ2n) is 7.43. The van der Waals surface area contributed by atoms with E-state index in [0.29, 0.717) is 18.5 Å². The van der Waals surface area contributed by atoms with Crippen LogP contribution in [0.15, 0.2) is 0 Å². The molecule has 2 aliphatic rings. The van der Waals surface area contributed by atoms with Crippen LogP contribution in [0.25, 0.3) is 0 Å². The fourth-order valence-corrected chi connectivity index (χ4v) is 5.04. The van der Waals surface area contributed by atoms with Crippen molar-refractivity contribution in [2.75, 3.05) is 13.1 Å². The van der Waals surface area contributed by atoms with E-state index in [-0.39, 0.29) is 11.6 Å². The summed E-state index contributed by atoms with van der Waals surface area (Å²) in [6.07, 6.45) is 5.29. The Labute approximate surface area is 130 Å². The van der Waals surface area contributed by atoms with Crippen molar-refractivity contribution >= 4 is 10.2 Å². The van der Waals surface area contributed by atoms with Gasteiger partial charge in [-0.3, -0.25) is 0 Å². The van der Waals surface area contributed by atoms with Crippen LogP contribution in [0.4, 0.5) is 0 Å². The molecule has 2 rings (SSSR count). The predicted molar refractivity (Wildman–Crippen MR) is 86.3 cm³/mol. The molecular weight excluding hydrogens is 286 g/mol. The third kappa shape index (κ3) is 4.65. The molecule has 1 saturated carbocycles. The Morgan fingerprint density at radius 2 is 1.86 bits per heavy atom. The highest BCUT2D eigenvalue weighted by molar-refractivity contribution is 7.87. The number of hydrogen-bond acceptors (Lipinski definition) is 3. The van der Waals surface area contributed by atoms with E-state index in [1.807, 2.05) is 13.8 Å². The van der Waals surface area contributed by atoms with Gasteiger partial charge in [-0.1, -0.05) is 20.3 Å². The molecule has 0 bridgehead atoms. The highest BCUT2D eigenvalue weighted by Gasteiger charge is 2.43. The molecule has 0 aromatic rings. The molecular formula is C15H31N3O2S. The first kappa shape index (κ1) is 17.2. The van der Waals surface area contributed by atoms with Crippen molar-refractivity contribution in [3.05, 3.63) is 0 Å². The zero-order valence-electron chi connectivity index (χ0n) is 13.9. The van der Waals surface area contributed by atoms with Crippen LogP contribution in [0.1, 0.15) is 59.8 Å². The molecule has 0 amide bonds. The number of piperidine rings is 1. The number of rotatable bonds is 7. The van der Waals surface area contributed by atoms with Crippen molar-refractivity contribution < 1.29 is 8.42 Å². The zero-order chi connectivity index (χ0) is 15.7. The summed E-state index contributed by atoms with van der Waals surface area (Å²) in [7, 11) is -3.40. The lowest BCUT2D eigenvalue weighted by atomic mass is 10.0. The summed E-state index contributed by atoms with van der Waals surface area (Å²) >= 11 is 0. The zero-order valence-corrected chi connectivity index (χ0v) is 14.7. The molecule has 0 spiro atoms. The molecule has 0 aromatic carbocycles. The van der Waals surface area contributed by atoms with E-state index < -0.39 is 10.2 Å². The van der Waals surface area contributed by atoms with Crippen LogP contribution in [0.2, 0.25) is 0 Å². The lowest BCUT2D eigenvalue weighted by Crippen LogP contribution is -2.57. The summed E-state index contributed by atoms with van der Waals surface area (Å²) in [5.74, 6) is 0.490. The second kappa shape index (κ2) is 6.52. The van der Waals surface area contributed by atoms with E-state index in [1.165, 1.54) is 0 Å². The summed E-state index contributed by atoms with van der Waals surface area (Å²) < 4.78 is 30.2. The SMILES string of the molecule is CC(C)NCC1CCCCN1S(=O)(=O)NC(C)(C)C1CC1. The van der Waals surface area contributed by atoms with Gasteiger partial charge in [-0.05, 0) is 45.4 Å². The van der Waals surface area contributed by atoms with Gasteiger partial charge in [-0.2, -0.15) is 17.4 Å². The number of nitrogens with zero attached hydrogens (tertiary/aromatic N) is 1. The van der Waals surface area contributed by atoms with Crippen molar-refractivity contribution in [2.45, 2.75) is 77.4 Å². The molecule has 1 saturated heterocycles. The maximum atomic E-state index is 12.8. The Kier molecular flexibility index (Phi) is 5.34. The summed E-state index contributed by atoms with van der Waals surface area (Å²) in [6.45, 7) is 9.58. The van der Waals surface area contributed by atoms with Crippen LogP contribution in [-0.2, 0) is 10.2 Å². The van der Waals surface area contributed by atoms with Crippen LogP contribution < -0.4 is 10.0 Å². The van der Waals surface area contributed by atoms with Gasteiger partial charge in [0.05, 0.1) is 0 Å². The van der Waals surface area contributed by atoms with Crippen molar-refractivity contribution in [3.8, 4) is 0 Å². The van der Waals surface area contributed by atoms with E-state index in [4.69, 9.17) is 0 Å². The van der Waals surface area contributed by atoms with Gasteiger partial charge in [-0.25, -0.2) is 0 Å². The largest absolute Gasteiger partial charge is 0.313 e. The van der Waals surface area contributed by atoms with Crippen LogP contribution in [0.5, 0.6) is 0 Å². The normalized spacial score (nSPS) is 25.5. The average molecular weight is 317 g/mol. The first-order valence-corrected chi connectivity index (χ1v) is 9.70. The molecule has 5 nitrogen and oxygen atoms in total. The van der Waals surface area contributed by atoms with E-state index in [1.54, 1.807) is 4.31 Å². The van der Waals surface area contributed by atoms with Gasteiger partial charge in [0.1, 0.15) is 0 Å². The molecule has 1 aliphatic carbocycles. The quantitative estimate of drug-likeness (QED) is 0.753. The van der Waals surface area contributed by atoms with Crippen molar-refractivity contribution in [3.63, 3.8) is 0 Å². The number of nitrogens with one attached hydrogen (secondary N) is 2. The highest BCUT2D eigenvalue weighted by Crippen LogP contribution is 2.39. The van der Waals surface area contributed by atoms with Gasteiger partial charge in [0, 0.05) is 30.7 Å². The first-order chi connectivity index (χ1) is 9.72. The van der Waals surface area contributed by atoms with E-state index in [2.05, 4.69) is 23.9 Å². The first-order valence-electron chi connectivity index (χ1n) is 8.26. The molecule has 0 aromatic heterocycles. The van der Waals surface area contributed by atoms with E-state index in [9.17, 15) is 8.42 Å². The van der Waals surface area contributed by atoms with E-state index >= 15 is 0 Å². The fraction of sp³-hybridized carbons (Fsp3) is 1.00. The summed E-state index contributed by atoms with van der Waals surface area (Å²) in [5.41, 5.74) is -0.327. The minimum atomic E-state index is -3.40. The van der Waals surface area contributed by atoms with Crippen molar-refractivity contribution in [1.29, 1.82) is 0 Å². The molecule has 1 heterocycles. The van der Waals surface area contributed by atoms with Gasteiger partial charge in [0.15, 0.2) is 0 Å². The Balaban J connectivity index is 2.04. The maximum Gasteiger partial charge on any atom is 0.280 e. The lowest BCUT2D eigenvalue weighted by Gasteiger charge is -2.38. The smallest absolute Gasteiger partial charge is 0.280 e. The van der Waals surface area contributed by atoms with Crippen molar-refractivity contribution in [1.82, 2.24) is 14.3 Å². The summed E-state index contributed by atoms with van der Waals surface area (Å²) in [6, 6.07) is 0.459. The average Bonchev–Trinajstić information content (AvgIpc) is 3.20. The Hall–Kier alpha value is -0.170. The summed E-state index contributed by atoms with van der Waals surface area (Å²) in [4.78, 5) is 0. The molecule has 21 heavy (non-hydrogen) atoms. The molecule has 6 heteroatoms. The van der Waals surface area contributed by atoms with Crippen LogP contribution in [0.3, 0.4) is 0 Å². The fourth-order valence-electron chi connectivity index (χ4n) is 3.15. The van der Waals surface area contributed by atoms with Gasteiger partial charge in [-0.15, -0.1) is 0 Å². The standard InChI is InChI=1S/C15H31N3O2S/c1-12(2)16-11-14-7-5-6-10-18(14)21(19,20)17-15(3,4)13-8-9-13/h12-14,16-17H,5-11H2,1-4H3. The second-order valence-corrected chi connectivity index (χ2v) is 9.05. The minimum Gasteiger partial charge on any atom is -0.313 e. The van der Waals surface area contributed by atoms with Crippen LogP contribution in [0, 0.1) is 5.92 Å². The van der Waals surface area contributed by atoms with Crippen LogP contribution >= 0.6 is 0 Å².